The van der Waals surface area contributed by atoms with Gasteiger partial charge in [-0.25, -0.2) is 0 Å². The largest absolute Gasteiger partial charge is 0.496 e. The lowest BCUT2D eigenvalue weighted by atomic mass is 10.2. The second kappa shape index (κ2) is 8.01. The van der Waals surface area contributed by atoms with Crippen molar-refractivity contribution in [3.8, 4) is 17.2 Å². The van der Waals surface area contributed by atoms with Crippen molar-refractivity contribution in [2.24, 2.45) is 0 Å². The number of hydrogen-bond donors (Lipinski definition) is 0. The molecule has 0 atom stereocenters. The fourth-order valence-corrected chi connectivity index (χ4v) is 1.49. The molecule has 0 aromatic heterocycles. The van der Waals surface area contributed by atoms with Crippen LogP contribution in [0.1, 0.15) is 12.8 Å². The maximum absolute atomic E-state index is 11.2. The average molecular weight is 262 g/mol. The van der Waals surface area contributed by atoms with Crippen molar-refractivity contribution in [3.63, 3.8) is 0 Å². The number of rotatable bonds is 8. The summed E-state index contributed by atoms with van der Waals surface area (Å²) < 4.78 is 15.8. The normalized spacial score (nSPS) is 9.37. The Balaban J connectivity index is 2.48. The summed E-state index contributed by atoms with van der Waals surface area (Å²) in [6.07, 6.45) is 2.40. The molecule has 0 aliphatic heterocycles. The molecule has 0 aliphatic carbocycles. The standard InChI is InChI=1S/C15H18O4/c1-4-6-12(16)7-5-8-19-15-10-13(17-2)9-14(11-15)18-3/h6,9-11H,1,5,7-8H2,2-3H3. The van der Waals surface area contributed by atoms with E-state index in [2.05, 4.69) is 12.3 Å². The quantitative estimate of drug-likeness (QED) is 0.410. The second-order valence-electron chi connectivity index (χ2n) is 3.82. The van der Waals surface area contributed by atoms with Crippen LogP contribution in [0, 0.1) is 0 Å². The van der Waals surface area contributed by atoms with E-state index in [1.54, 1.807) is 32.4 Å². The van der Waals surface area contributed by atoms with Crippen LogP contribution in [0.4, 0.5) is 0 Å². The van der Waals surface area contributed by atoms with Gasteiger partial charge >= 0.3 is 0 Å². The third kappa shape index (κ3) is 5.32. The van der Waals surface area contributed by atoms with Crippen LogP contribution in [0.3, 0.4) is 0 Å². The fourth-order valence-electron chi connectivity index (χ4n) is 1.49. The highest BCUT2D eigenvalue weighted by Gasteiger charge is 2.03. The van der Waals surface area contributed by atoms with E-state index in [1.807, 2.05) is 0 Å². The van der Waals surface area contributed by atoms with E-state index >= 15 is 0 Å². The molecule has 1 aromatic carbocycles. The van der Waals surface area contributed by atoms with Gasteiger partial charge in [-0.1, -0.05) is 6.58 Å². The number of carbonyl (C=O) groups is 1. The minimum atomic E-state index is 0.00169. The van der Waals surface area contributed by atoms with Crippen molar-refractivity contribution in [1.29, 1.82) is 0 Å². The number of hydrogen-bond acceptors (Lipinski definition) is 4. The summed E-state index contributed by atoms with van der Waals surface area (Å²) in [5.74, 6) is 1.99. The van der Waals surface area contributed by atoms with Crippen molar-refractivity contribution in [1.82, 2.24) is 0 Å². The predicted molar refractivity (Wildman–Crippen MR) is 73.0 cm³/mol. The van der Waals surface area contributed by atoms with Crippen LogP contribution in [0.5, 0.6) is 17.2 Å². The Bertz CT molecular complexity index is 451. The molecule has 4 nitrogen and oxygen atoms in total. The Morgan fingerprint density at radius 1 is 1.21 bits per heavy atom. The van der Waals surface area contributed by atoms with Gasteiger partial charge in [-0.2, -0.15) is 0 Å². The molecule has 0 saturated carbocycles. The number of carbonyl (C=O) groups excluding carboxylic acids is 1. The van der Waals surface area contributed by atoms with Crippen LogP contribution in [0.15, 0.2) is 36.6 Å². The molecule has 0 spiro atoms. The van der Waals surface area contributed by atoms with Crippen molar-refractivity contribution in [2.75, 3.05) is 20.8 Å². The molecule has 0 aliphatic rings. The molecule has 1 rings (SSSR count). The molecular formula is C15H18O4. The van der Waals surface area contributed by atoms with Crippen LogP contribution in [0.2, 0.25) is 0 Å². The van der Waals surface area contributed by atoms with Gasteiger partial charge in [0.1, 0.15) is 17.2 Å². The molecule has 0 heterocycles. The molecule has 0 saturated heterocycles. The lowest BCUT2D eigenvalue weighted by molar-refractivity contribution is -0.114. The highest BCUT2D eigenvalue weighted by atomic mass is 16.5. The van der Waals surface area contributed by atoms with E-state index < -0.39 is 0 Å². The van der Waals surface area contributed by atoms with Crippen LogP contribution in [-0.2, 0) is 4.79 Å². The number of ether oxygens (including phenoxy) is 3. The average Bonchev–Trinajstić information content (AvgIpc) is 2.43. The van der Waals surface area contributed by atoms with Crippen molar-refractivity contribution in [2.45, 2.75) is 12.8 Å². The predicted octanol–water partition coefficient (Wildman–Crippen LogP) is 2.77. The third-order valence-corrected chi connectivity index (χ3v) is 2.42. The molecule has 19 heavy (non-hydrogen) atoms. The SMILES string of the molecule is C=C=CC(=O)CCCOc1cc(OC)cc(OC)c1. The molecule has 0 unspecified atom stereocenters. The zero-order chi connectivity index (χ0) is 14.1. The minimum Gasteiger partial charge on any atom is -0.496 e. The van der Waals surface area contributed by atoms with Gasteiger partial charge in [0.25, 0.3) is 0 Å². The van der Waals surface area contributed by atoms with E-state index in [0.717, 1.165) is 0 Å². The van der Waals surface area contributed by atoms with Gasteiger partial charge in [0.05, 0.1) is 20.8 Å². The highest BCUT2D eigenvalue weighted by Crippen LogP contribution is 2.27. The van der Waals surface area contributed by atoms with E-state index in [-0.39, 0.29) is 5.78 Å². The molecule has 0 N–H and O–H groups in total. The van der Waals surface area contributed by atoms with Gasteiger partial charge in [0.2, 0.25) is 0 Å². The van der Waals surface area contributed by atoms with Crippen molar-refractivity contribution >= 4 is 5.78 Å². The van der Waals surface area contributed by atoms with Crippen LogP contribution < -0.4 is 14.2 Å². The Labute approximate surface area is 113 Å². The Morgan fingerprint density at radius 2 is 1.79 bits per heavy atom. The zero-order valence-electron chi connectivity index (χ0n) is 11.3. The first kappa shape index (κ1) is 14.9. The van der Waals surface area contributed by atoms with Gasteiger partial charge in [0.15, 0.2) is 5.78 Å². The van der Waals surface area contributed by atoms with E-state index in [9.17, 15) is 4.79 Å². The van der Waals surface area contributed by atoms with Crippen molar-refractivity contribution in [3.05, 3.63) is 36.6 Å². The molecule has 0 radical (unpaired) electrons. The van der Waals surface area contributed by atoms with Gasteiger partial charge in [0, 0.05) is 30.7 Å². The molecular weight excluding hydrogens is 244 g/mol. The third-order valence-electron chi connectivity index (χ3n) is 2.42. The smallest absolute Gasteiger partial charge is 0.163 e. The van der Waals surface area contributed by atoms with E-state index in [0.29, 0.717) is 36.7 Å². The Morgan fingerprint density at radius 3 is 2.32 bits per heavy atom. The summed E-state index contributed by atoms with van der Waals surface area (Å²) in [6, 6.07) is 5.31. The summed E-state index contributed by atoms with van der Waals surface area (Å²) >= 11 is 0. The van der Waals surface area contributed by atoms with Gasteiger partial charge in [-0.05, 0) is 6.42 Å². The molecule has 1 aromatic rings. The minimum absolute atomic E-state index is 0.00169. The van der Waals surface area contributed by atoms with E-state index in [1.165, 1.54) is 6.08 Å². The topological polar surface area (TPSA) is 44.8 Å². The van der Waals surface area contributed by atoms with Crippen molar-refractivity contribution < 1.29 is 19.0 Å². The number of methoxy groups -OCH3 is 2. The maximum atomic E-state index is 11.2. The highest BCUT2D eigenvalue weighted by molar-refractivity contribution is 5.89. The summed E-state index contributed by atoms with van der Waals surface area (Å²) in [4.78, 5) is 11.2. The van der Waals surface area contributed by atoms with Gasteiger partial charge < -0.3 is 14.2 Å². The Hall–Kier alpha value is -2.19. The second-order valence-corrected chi connectivity index (χ2v) is 3.82. The monoisotopic (exact) mass is 262 g/mol. The lowest BCUT2D eigenvalue weighted by Gasteiger charge is -2.09. The first-order chi connectivity index (χ1) is 9.19. The summed E-state index contributed by atoms with van der Waals surface area (Å²) in [6.45, 7) is 3.81. The summed E-state index contributed by atoms with van der Waals surface area (Å²) in [5.41, 5.74) is 2.46. The summed E-state index contributed by atoms with van der Waals surface area (Å²) in [5, 5.41) is 0. The van der Waals surface area contributed by atoms with Gasteiger partial charge in [-0.15, -0.1) is 5.73 Å². The van der Waals surface area contributed by atoms with Gasteiger partial charge in [-0.3, -0.25) is 4.79 Å². The van der Waals surface area contributed by atoms with E-state index in [4.69, 9.17) is 14.2 Å². The maximum Gasteiger partial charge on any atom is 0.163 e. The van der Waals surface area contributed by atoms with Crippen LogP contribution in [-0.4, -0.2) is 26.6 Å². The zero-order valence-corrected chi connectivity index (χ0v) is 11.3. The lowest BCUT2D eigenvalue weighted by Crippen LogP contribution is -2.01. The first-order valence-electron chi connectivity index (χ1n) is 5.94. The molecule has 0 bridgehead atoms. The summed E-state index contributed by atoms with van der Waals surface area (Å²) in [7, 11) is 3.16. The Kier molecular flexibility index (Phi) is 6.27. The van der Waals surface area contributed by atoms with Crippen LogP contribution >= 0.6 is 0 Å². The molecule has 0 amide bonds. The fraction of sp³-hybridized carbons (Fsp3) is 0.333. The molecule has 4 heteroatoms. The first-order valence-corrected chi connectivity index (χ1v) is 5.94. The number of ketones is 1. The molecule has 0 fully saturated rings. The number of benzene rings is 1. The molecule has 102 valence electrons. The number of allylic oxidation sites excluding steroid dienone is 1. The van der Waals surface area contributed by atoms with Crippen LogP contribution in [0.25, 0.3) is 0 Å².